The fourth-order valence-corrected chi connectivity index (χ4v) is 4.01. The fourth-order valence-electron chi connectivity index (χ4n) is 2.69. The Morgan fingerprint density at radius 2 is 1.67 bits per heavy atom. The number of nitrogens with one attached hydrogen (secondary N) is 1. The maximum atomic E-state index is 12.9. The van der Waals surface area contributed by atoms with Gasteiger partial charge in [0.05, 0.1) is 16.9 Å². The average molecular weight is 496 g/mol. The molecule has 0 unspecified atom stereocenters. The average Bonchev–Trinajstić information content (AvgIpc) is 2.60. The van der Waals surface area contributed by atoms with E-state index in [1.807, 2.05) is 0 Å². The Bertz CT molecular complexity index is 1160. The molecule has 2 aromatic carbocycles. The van der Waals surface area contributed by atoms with Crippen LogP contribution in [0.2, 0.25) is 5.02 Å². The zero-order valence-electron chi connectivity index (χ0n) is 19.7. The zero-order chi connectivity index (χ0) is 25.2. The van der Waals surface area contributed by atoms with E-state index in [1.54, 1.807) is 59.7 Å². The van der Waals surface area contributed by atoms with E-state index in [9.17, 15) is 18.0 Å². The Balaban J connectivity index is 2.49. The normalized spacial score (nSPS) is 12.3. The van der Waals surface area contributed by atoms with Crippen molar-refractivity contribution in [3.05, 3.63) is 52.5 Å². The summed E-state index contributed by atoms with van der Waals surface area (Å²) in [6.45, 7) is 10.2. The first kappa shape index (κ1) is 26.7. The molecule has 2 aromatic rings. The molecule has 0 spiro atoms. The third-order valence-electron chi connectivity index (χ3n) is 4.79. The van der Waals surface area contributed by atoms with Gasteiger partial charge in [-0.1, -0.05) is 32.4 Å². The summed E-state index contributed by atoms with van der Waals surface area (Å²) in [5.41, 5.74) is 0.618. The first-order valence-electron chi connectivity index (χ1n) is 10.3. The predicted octanol–water partition coefficient (Wildman–Crippen LogP) is 5.46. The van der Waals surface area contributed by atoms with Gasteiger partial charge in [0.1, 0.15) is 11.5 Å². The van der Waals surface area contributed by atoms with Gasteiger partial charge in [0.15, 0.2) is 9.84 Å². The van der Waals surface area contributed by atoms with Crippen LogP contribution in [-0.2, 0) is 31.6 Å². The van der Waals surface area contributed by atoms with Crippen molar-refractivity contribution in [2.45, 2.75) is 58.5 Å². The summed E-state index contributed by atoms with van der Waals surface area (Å²) in [4.78, 5) is 23.5. The van der Waals surface area contributed by atoms with Gasteiger partial charge >= 0.3 is 5.97 Å². The Morgan fingerprint density at radius 1 is 1.03 bits per heavy atom. The highest BCUT2D eigenvalue weighted by Crippen LogP contribution is 2.34. The van der Waals surface area contributed by atoms with Gasteiger partial charge in [-0.05, 0) is 62.7 Å². The van der Waals surface area contributed by atoms with E-state index < -0.39 is 26.0 Å². The van der Waals surface area contributed by atoms with Crippen molar-refractivity contribution in [2.75, 3.05) is 5.32 Å². The topological polar surface area (TPSA) is 110 Å². The van der Waals surface area contributed by atoms with Crippen LogP contribution in [0.1, 0.15) is 52.7 Å². The van der Waals surface area contributed by atoms with Crippen LogP contribution in [0.5, 0.6) is 11.5 Å². The van der Waals surface area contributed by atoms with Crippen LogP contribution in [0, 0.1) is 5.41 Å². The lowest BCUT2D eigenvalue weighted by Crippen LogP contribution is -2.29. The van der Waals surface area contributed by atoms with Crippen molar-refractivity contribution in [2.24, 2.45) is 5.41 Å². The molecule has 0 bridgehead atoms. The number of hydrogen-bond acceptors (Lipinski definition) is 5. The van der Waals surface area contributed by atoms with Gasteiger partial charge < -0.3 is 15.2 Å². The van der Waals surface area contributed by atoms with Crippen molar-refractivity contribution in [3.8, 4) is 11.5 Å². The van der Waals surface area contributed by atoms with Crippen molar-refractivity contribution >= 4 is 39.0 Å². The Kier molecular flexibility index (Phi) is 7.86. The molecular weight excluding hydrogens is 466 g/mol. The molecule has 180 valence electrons. The summed E-state index contributed by atoms with van der Waals surface area (Å²) in [7, 11) is -3.57. The van der Waals surface area contributed by atoms with Crippen LogP contribution in [0.4, 0.5) is 5.69 Å². The lowest BCUT2D eigenvalue weighted by Gasteiger charge is -2.22. The van der Waals surface area contributed by atoms with E-state index in [4.69, 9.17) is 21.4 Å². The number of carboxylic acid groups (broad SMARTS) is 1. The molecule has 0 aliphatic carbocycles. The summed E-state index contributed by atoms with van der Waals surface area (Å²) in [6.07, 6.45) is -0.236. The summed E-state index contributed by atoms with van der Waals surface area (Å²) in [6, 6.07) is 9.35. The predicted molar refractivity (Wildman–Crippen MR) is 130 cm³/mol. The second-order valence-corrected chi connectivity index (χ2v) is 13.0. The third kappa shape index (κ3) is 7.47. The molecule has 0 aromatic heterocycles. The number of carbonyl (C=O) groups excluding carboxylic acids is 1. The number of benzene rings is 2. The minimum Gasteiger partial charge on any atom is -0.481 e. The van der Waals surface area contributed by atoms with Crippen LogP contribution >= 0.6 is 11.6 Å². The molecule has 0 saturated heterocycles. The highest BCUT2D eigenvalue weighted by Gasteiger charge is 2.30. The second kappa shape index (κ2) is 9.73. The molecular formula is C24H30ClNO6S. The number of ether oxygens (including phenoxy) is 1. The number of aliphatic carboxylic acids is 1. The van der Waals surface area contributed by atoms with Gasteiger partial charge in [-0.25, -0.2) is 8.42 Å². The minimum absolute atomic E-state index is 0.214. The SMILES string of the molecule is CC(C)(C)C(=O)Nc1ccc(Oc2cc(Cl)cc(CC(=O)O)c2)c(CS(=O)(=O)C(C)(C)C)c1. The molecule has 0 radical (unpaired) electrons. The Labute approximate surface area is 200 Å². The maximum Gasteiger partial charge on any atom is 0.307 e. The summed E-state index contributed by atoms with van der Waals surface area (Å²) >= 11 is 6.11. The van der Waals surface area contributed by atoms with Crippen molar-refractivity contribution in [1.29, 1.82) is 0 Å². The smallest absolute Gasteiger partial charge is 0.307 e. The van der Waals surface area contributed by atoms with E-state index in [0.29, 0.717) is 21.8 Å². The van der Waals surface area contributed by atoms with E-state index in [1.165, 1.54) is 18.2 Å². The van der Waals surface area contributed by atoms with E-state index in [2.05, 4.69) is 5.32 Å². The largest absolute Gasteiger partial charge is 0.481 e. The van der Waals surface area contributed by atoms with Gasteiger partial charge in [0.2, 0.25) is 5.91 Å². The molecule has 0 fully saturated rings. The van der Waals surface area contributed by atoms with Crippen molar-refractivity contribution in [1.82, 2.24) is 0 Å². The Hall–Kier alpha value is -2.58. The van der Waals surface area contributed by atoms with Crippen LogP contribution in [-0.4, -0.2) is 30.1 Å². The number of hydrogen-bond donors (Lipinski definition) is 2. The number of rotatable bonds is 7. The first-order chi connectivity index (χ1) is 15.0. The van der Waals surface area contributed by atoms with E-state index >= 15 is 0 Å². The molecule has 1 amide bonds. The second-order valence-electron chi connectivity index (χ2n) is 9.87. The molecule has 0 heterocycles. The monoisotopic (exact) mass is 495 g/mol. The number of carbonyl (C=O) groups is 2. The molecule has 0 aliphatic heterocycles. The highest BCUT2D eigenvalue weighted by atomic mass is 35.5. The van der Waals surface area contributed by atoms with Gasteiger partial charge in [-0.3, -0.25) is 9.59 Å². The van der Waals surface area contributed by atoms with Crippen LogP contribution in [0.3, 0.4) is 0 Å². The summed E-state index contributed by atoms with van der Waals surface area (Å²) in [5, 5.41) is 12.2. The van der Waals surface area contributed by atoms with Crippen LogP contribution in [0.25, 0.3) is 0 Å². The standard InChI is InChI=1S/C24H30ClNO6S/c1-23(2,3)22(29)26-18-7-8-20(16(12-18)14-33(30,31)24(4,5)6)32-19-10-15(11-21(27)28)9-17(25)13-19/h7-10,12-13H,11,14H2,1-6H3,(H,26,29)(H,27,28). The van der Waals surface area contributed by atoms with E-state index in [0.717, 1.165) is 0 Å². The van der Waals surface area contributed by atoms with Crippen LogP contribution in [0.15, 0.2) is 36.4 Å². The number of amides is 1. The zero-order valence-corrected chi connectivity index (χ0v) is 21.2. The Morgan fingerprint density at radius 3 is 2.21 bits per heavy atom. The van der Waals surface area contributed by atoms with Gasteiger partial charge in [0.25, 0.3) is 0 Å². The number of sulfone groups is 1. The third-order valence-corrected chi connectivity index (χ3v) is 7.57. The quantitative estimate of drug-likeness (QED) is 0.528. The van der Waals surface area contributed by atoms with Gasteiger partial charge in [0, 0.05) is 21.7 Å². The lowest BCUT2D eigenvalue weighted by molar-refractivity contribution is -0.136. The molecule has 2 rings (SSSR count). The number of halogens is 1. The number of anilines is 1. The molecule has 2 N–H and O–H groups in total. The van der Waals surface area contributed by atoms with Crippen molar-refractivity contribution in [3.63, 3.8) is 0 Å². The molecule has 0 saturated carbocycles. The van der Waals surface area contributed by atoms with Crippen molar-refractivity contribution < 1.29 is 27.9 Å². The van der Waals surface area contributed by atoms with Crippen LogP contribution < -0.4 is 10.1 Å². The van der Waals surface area contributed by atoms with Gasteiger partial charge in [-0.2, -0.15) is 0 Å². The molecule has 9 heteroatoms. The van der Waals surface area contributed by atoms with Gasteiger partial charge in [-0.15, -0.1) is 0 Å². The minimum atomic E-state index is -3.57. The summed E-state index contributed by atoms with van der Waals surface area (Å²) in [5.74, 6) is -0.999. The molecule has 0 aliphatic rings. The van der Waals surface area contributed by atoms with E-state index in [-0.39, 0.29) is 29.6 Å². The summed E-state index contributed by atoms with van der Waals surface area (Å²) < 4.78 is 30.8. The highest BCUT2D eigenvalue weighted by molar-refractivity contribution is 7.91. The fraction of sp³-hybridized carbons (Fsp3) is 0.417. The molecule has 7 nitrogen and oxygen atoms in total. The number of carboxylic acids is 1. The maximum absolute atomic E-state index is 12.9. The lowest BCUT2D eigenvalue weighted by atomic mass is 9.95. The molecule has 33 heavy (non-hydrogen) atoms. The molecule has 0 atom stereocenters. The first-order valence-corrected chi connectivity index (χ1v) is 12.4.